The van der Waals surface area contributed by atoms with Gasteiger partial charge in [0, 0.05) is 17.2 Å². The number of carbonyl (C=O) groups excluding carboxylic acids is 1. The molecule has 0 spiro atoms. The zero-order chi connectivity index (χ0) is 18.8. The maximum atomic E-state index is 12.3. The lowest BCUT2D eigenvalue weighted by Gasteiger charge is -2.07. The monoisotopic (exact) mass is 349 g/mol. The number of nitrogens with two attached hydrogens (primary N) is 1. The number of hydrogen-bond acceptors (Lipinski definition) is 5. The second-order valence-corrected chi connectivity index (χ2v) is 5.79. The zero-order valence-corrected chi connectivity index (χ0v) is 13.9. The van der Waals surface area contributed by atoms with Crippen LogP contribution < -0.4 is 10.5 Å². The molecule has 0 unspecified atom stereocenters. The third-order valence-electron chi connectivity index (χ3n) is 3.96. The summed E-state index contributed by atoms with van der Waals surface area (Å²) in [6.07, 6.45) is 0. The second kappa shape index (κ2) is 6.64. The van der Waals surface area contributed by atoms with Crippen molar-refractivity contribution >= 4 is 28.3 Å². The van der Waals surface area contributed by atoms with Crippen LogP contribution in [0, 0.1) is 22.4 Å². The van der Waals surface area contributed by atoms with Gasteiger partial charge in [-0.25, -0.2) is 4.79 Å². The van der Waals surface area contributed by atoms with Crippen LogP contribution in [0.3, 0.4) is 0 Å². The van der Waals surface area contributed by atoms with Gasteiger partial charge in [-0.1, -0.05) is 18.2 Å². The first kappa shape index (κ1) is 17.1. The van der Waals surface area contributed by atoms with E-state index < -0.39 is 10.9 Å². The number of nitrogen functional groups attached to an aromatic ring is 1. The van der Waals surface area contributed by atoms with Crippen LogP contribution in [0.15, 0.2) is 54.6 Å². The molecule has 3 aromatic carbocycles. The lowest BCUT2D eigenvalue weighted by molar-refractivity contribution is -0.385. The molecule has 0 aliphatic rings. The predicted octanol–water partition coefficient (Wildman–Crippen LogP) is 3.56. The fraction of sp³-hybridized carbons (Fsp3) is 0.0526. The van der Waals surface area contributed by atoms with Crippen LogP contribution in [0.2, 0.25) is 0 Å². The van der Waals surface area contributed by atoms with Crippen LogP contribution in [-0.2, 0) is 0 Å². The van der Waals surface area contributed by atoms with Gasteiger partial charge in [-0.2, -0.15) is 0 Å². The number of nitrogens with one attached hydrogen (secondary N) is 1. The van der Waals surface area contributed by atoms with Gasteiger partial charge in [0.2, 0.25) is 0 Å². The fourth-order valence-corrected chi connectivity index (χ4v) is 2.61. The number of rotatable bonds is 4. The minimum atomic E-state index is -0.595. The van der Waals surface area contributed by atoms with Gasteiger partial charge in [0.05, 0.1) is 10.5 Å². The first-order valence-electron chi connectivity index (χ1n) is 7.70. The third kappa shape index (κ3) is 3.36. The minimum Gasteiger partial charge on any atom is -0.423 e. The van der Waals surface area contributed by atoms with Crippen molar-refractivity contribution in [2.24, 2.45) is 5.73 Å². The molecule has 3 aromatic rings. The zero-order valence-electron chi connectivity index (χ0n) is 13.9. The highest BCUT2D eigenvalue weighted by molar-refractivity contribution is 5.99. The number of hydrogen-bond donors (Lipinski definition) is 2. The molecule has 3 N–H and O–H groups in total. The minimum absolute atomic E-state index is 0.0176. The van der Waals surface area contributed by atoms with Crippen molar-refractivity contribution in [2.75, 3.05) is 0 Å². The van der Waals surface area contributed by atoms with Gasteiger partial charge in [0.15, 0.2) is 0 Å². The quantitative estimate of drug-likeness (QED) is 0.186. The van der Waals surface area contributed by atoms with Gasteiger partial charge in [-0.15, -0.1) is 0 Å². The average molecular weight is 349 g/mol. The number of ether oxygens (including phenoxy) is 1. The highest BCUT2D eigenvalue weighted by Crippen LogP contribution is 2.24. The van der Waals surface area contributed by atoms with E-state index in [1.165, 1.54) is 18.2 Å². The van der Waals surface area contributed by atoms with E-state index in [4.69, 9.17) is 15.9 Å². The Balaban J connectivity index is 1.85. The Morgan fingerprint density at radius 3 is 2.35 bits per heavy atom. The molecule has 0 radical (unpaired) electrons. The van der Waals surface area contributed by atoms with E-state index in [0.717, 1.165) is 10.8 Å². The first-order chi connectivity index (χ1) is 12.3. The highest BCUT2D eigenvalue weighted by atomic mass is 16.6. The Hall–Kier alpha value is -3.74. The van der Waals surface area contributed by atoms with E-state index in [9.17, 15) is 14.9 Å². The lowest BCUT2D eigenvalue weighted by atomic mass is 10.1. The number of benzene rings is 3. The predicted molar refractivity (Wildman–Crippen MR) is 97.8 cm³/mol. The molecular weight excluding hydrogens is 334 g/mol. The van der Waals surface area contributed by atoms with Gasteiger partial charge < -0.3 is 10.5 Å². The average Bonchev–Trinajstić information content (AvgIpc) is 2.60. The van der Waals surface area contributed by atoms with Crippen molar-refractivity contribution in [3.8, 4) is 5.75 Å². The van der Waals surface area contributed by atoms with Crippen LogP contribution >= 0.6 is 0 Å². The number of nitrogens with zero attached hydrogens (tertiary/aromatic N) is 1. The molecule has 0 aromatic heterocycles. The number of amidine groups is 1. The topological polar surface area (TPSA) is 119 Å². The summed E-state index contributed by atoms with van der Waals surface area (Å²) in [5.41, 5.74) is 6.67. The largest absolute Gasteiger partial charge is 0.423 e. The fourth-order valence-electron chi connectivity index (χ4n) is 2.61. The Morgan fingerprint density at radius 1 is 1.04 bits per heavy atom. The van der Waals surface area contributed by atoms with E-state index in [1.807, 2.05) is 0 Å². The molecule has 0 saturated carbocycles. The van der Waals surface area contributed by atoms with Crippen LogP contribution in [0.1, 0.15) is 21.5 Å². The molecule has 0 saturated heterocycles. The molecule has 7 nitrogen and oxygen atoms in total. The van der Waals surface area contributed by atoms with E-state index in [0.29, 0.717) is 16.9 Å². The van der Waals surface area contributed by atoms with Crippen molar-refractivity contribution in [3.63, 3.8) is 0 Å². The molecular formula is C19H15N3O4. The van der Waals surface area contributed by atoms with Gasteiger partial charge in [0.1, 0.15) is 11.6 Å². The van der Waals surface area contributed by atoms with Crippen molar-refractivity contribution in [2.45, 2.75) is 6.92 Å². The van der Waals surface area contributed by atoms with Crippen LogP contribution in [-0.4, -0.2) is 16.7 Å². The van der Waals surface area contributed by atoms with Gasteiger partial charge in [-0.05, 0) is 48.0 Å². The van der Waals surface area contributed by atoms with E-state index in [2.05, 4.69) is 0 Å². The summed E-state index contributed by atoms with van der Waals surface area (Å²) in [6, 6.07) is 14.5. The molecule has 0 heterocycles. The summed E-state index contributed by atoms with van der Waals surface area (Å²) < 4.78 is 5.37. The van der Waals surface area contributed by atoms with E-state index >= 15 is 0 Å². The first-order valence-corrected chi connectivity index (χ1v) is 7.70. The summed E-state index contributed by atoms with van der Waals surface area (Å²) in [5, 5.41) is 20.0. The van der Waals surface area contributed by atoms with Crippen molar-refractivity contribution in [1.29, 1.82) is 5.41 Å². The summed E-state index contributed by atoms with van der Waals surface area (Å²) in [4.78, 5) is 22.6. The molecule has 26 heavy (non-hydrogen) atoms. The number of carbonyl (C=O) groups is 1. The summed E-state index contributed by atoms with van der Waals surface area (Å²) in [5.74, 6) is -0.257. The molecule has 0 amide bonds. The molecule has 0 aliphatic carbocycles. The maximum Gasteiger partial charge on any atom is 0.343 e. The SMILES string of the molecule is Cc1cc(C(=O)Oc2ccc3cc(C(=N)N)ccc3c2)ccc1[N+](=O)[O-]. The molecule has 0 atom stereocenters. The second-order valence-electron chi connectivity index (χ2n) is 5.79. The summed E-state index contributed by atoms with van der Waals surface area (Å²) in [6.45, 7) is 1.57. The van der Waals surface area contributed by atoms with Gasteiger partial charge >= 0.3 is 5.97 Å². The Labute approximate surface area is 148 Å². The molecule has 0 aliphatic heterocycles. The Kier molecular flexibility index (Phi) is 4.36. The van der Waals surface area contributed by atoms with E-state index in [1.54, 1.807) is 43.3 Å². The van der Waals surface area contributed by atoms with Crippen LogP contribution in [0.4, 0.5) is 5.69 Å². The normalized spacial score (nSPS) is 10.5. The smallest absolute Gasteiger partial charge is 0.343 e. The van der Waals surface area contributed by atoms with E-state index in [-0.39, 0.29) is 17.1 Å². The molecule has 0 bridgehead atoms. The number of aryl methyl sites for hydroxylation is 1. The summed E-state index contributed by atoms with van der Waals surface area (Å²) >= 11 is 0. The molecule has 0 fully saturated rings. The summed E-state index contributed by atoms with van der Waals surface area (Å²) in [7, 11) is 0. The highest BCUT2D eigenvalue weighted by Gasteiger charge is 2.15. The standard InChI is InChI=1S/C19H15N3O4/c1-11-8-15(5-7-17(11)22(24)25)19(23)26-16-6-4-12-9-14(18(20)21)3-2-13(12)10-16/h2-10H,1H3,(H3,20,21). The number of nitro benzene ring substituents is 1. The molecule has 130 valence electrons. The van der Waals surface area contributed by atoms with Crippen molar-refractivity contribution in [3.05, 3.63) is 81.4 Å². The van der Waals surface area contributed by atoms with Gasteiger partial charge in [-0.3, -0.25) is 15.5 Å². The number of fused-ring (bicyclic) bond motifs is 1. The van der Waals surface area contributed by atoms with Crippen molar-refractivity contribution < 1.29 is 14.5 Å². The van der Waals surface area contributed by atoms with Gasteiger partial charge in [0.25, 0.3) is 5.69 Å². The lowest BCUT2D eigenvalue weighted by Crippen LogP contribution is -2.10. The molecule has 3 rings (SSSR count). The maximum absolute atomic E-state index is 12.3. The third-order valence-corrected chi connectivity index (χ3v) is 3.96. The Bertz CT molecular complexity index is 1060. The van der Waals surface area contributed by atoms with Crippen molar-refractivity contribution in [1.82, 2.24) is 0 Å². The Morgan fingerprint density at radius 2 is 1.69 bits per heavy atom. The number of nitro groups is 1. The number of esters is 1. The van der Waals surface area contributed by atoms with Crippen LogP contribution in [0.5, 0.6) is 5.75 Å². The molecule has 7 heteroatoms. The van der Waals surface area contributed by atoms with Crippen LogP contribution in [0.25, 0.3) is 10.8 Å².